The zero-order chi connectivity index (χ0) is 24.4. The summed E-state index contributed by atoms with van der Waals surface area (Å²) in [6.07, 6.45) is 1.19. The number of hydrogen-bond acceptors (Lipinski definition) is 7. The third-order valence-electron chi connectivity index (χ3n) is 5.85. The van der Waals surface area contributed by atoms with Gasteiger partial charge in [0.2, 0.25) is 5.82 Å². The summed E-state index contributed by atoms with van der Waals surface area (Å²) in [6, 6.07) is 7.42. The van der Waals surface area contributed by atoms with Crippen LogP contribution in [0, 0.1) is 29.8 Å². The number of nitrogens with zero attached hydrogens (tertiary/aromatic N) is 1. The zero-order valence-electron chi connectivity index (χ0n) is 18.1. The van der Waals surface area contributed by atoms with Crippen LogP contribution in [0.15, 0.2) is 41.3 Å². The predicted molar refractivity (Wildman–Crippen MR) is 117 cm³/mol. The average Bonchev–Trinajstić information content (AvgIpc) is 3.27. The number of sulfone groups is 1. The molecule has 1 saturated carbocycles. The lowest BCUT2D eigenvalue weighted by Crippen LogP contribution is -2.46. The second-order valence-electron chi connectivity index (χ2n) is 8.00. The van der Waals surface area contributed by atoms with Crippen molar-refractivity contribution in [3.05, 3.63) is 63.5 Å². The van der Waals surface area contributed by atoms with E-state index in [1.165, 1.54) is 12.1 Å². The lowest BCUT2D eigenvalue weighted by atomic mass is 10.1. The lowest BCUT2D eigenvalue weighted by Gasteiger charge is -2.26. The van der Waals surface area contributed by atoms with Crippen molar-refractivity contribution in [1.82, 2.24) is 0 Å². The number of benzene rings is 2. The van der Waals surface area contributed by atoms with Crippen LogP contribution in [0.2, 0.25) is 0 Å². The van der Waals surface area contributed by atoms with Gasteiger partial charge in [-0.2, -0.15) is 4.39 Å². The molecule has 0 aliphatic heterocycles. The third kappa shape index (κ3) is 4.72. The van der Waals surface area contributed by atoms with Gasteiger partial charge in [0.25, 0.3) is 5.91 Å². The average molecular weight is 478 g/mol. The Balaban J connectivity index is 1.76. The predicted octanol–water partition coefficient (Wildman–Crippen LogP) is 3.62. The Labute approximate surface area is 190 Å². The van der Waals surface area contributed by atoms with Gasteiger partial charge in [0.05, 0.1) is 9.82 Å². The quantitative estimate of drug-likeness (QED) is 0.365. The number of nitro benzene ring substituents is 1. The number of halogens is 1. The molecule has 0 unspecified atom stereocenters. The van der Waals surface area contributed by atoms with E-state index in [9.17, 15) is 32.5 Å². The second kappa shape index (κ2) is 9.26. The Morgan fingerprint density at radius 1 is 1.12 bits per heavy atom. The summed E-state index contributed by atoms with van der Waals surface area (Å²) in [5.41, 5.74) is 0.789. The zero-order valence-corrected chi connectivity index (χ0v) is 18.9. The first-order valence-electron chi connectivity index (χ1n) is 10.2. The number of anilines is 1. The molecule has 0 spiro atoms. The van der Waals surface area contributed by atoms with Crippen molar-refractivity contribution in [2.75, 3.05) is 11.9 Å². The Hall–Kier alpha value is -3.34. The molecule has 11 heteroatoms. The molecule has 2 aromatic rings. The topological polar surface area (TPSA) is 133 Å². The SMILES string of the molecule is Cc1ccc(S(=O)(=O)C2(C(=O)OCC(=O)Nc3ccc(F)c([N+](=O)[O-])c3)CCCC2)cc1C. The van der Waals surface area contributed by atoms with Gasteiger partial charge < -0.3 is 10.1 Å². The number of ether oxygens (including phenoxy) is 1. The van der Waals surface area contributed by atoms with Crippen LogP contribution in [-0.2, 0) is 24.2 Å². The molecule has 0 aromatic heterocycles. The van der Waals surface area contributed by atoms with Gasteiger partial charge in [0.15, 0.2) is 21.2 Å². The Bertz CT molecular complexity index is 1220. The molecule has 1 aliphatic rings. The third-order valence-corrected chi connectivity index (χ3v) is 8.33. The summed E-state index contributed by atoms with van der Waals surface area (Å²) in [4.78, 5) is 35.1. The van der Waals surface area contributed by atoms with E-state index in [1.807, 2.05) is 6.92 Å². The number of hydrogen-bond donors (Lipinski definition) is 1. The van der Waals surface area contributed by atoms with Crippen molar-refractivity contribution in [2.24, 2.45) is 0 Å². The minimum absolute atomic E-state index is 0.0209. The van der Waals surface area contributed by atoms with Crippen LogP contribution in [0.4, 0.5) is 15.8 Å². The Kier molecular flexibility index (Phi) is 6.82. The van der Waals surface area contributed by atoms with Crippen molar-refractivity contribution >= 4 is 33.1 Å². The Morgan fingerprint density at radius 3 is 2.39 bits per heavy atom. The molecule has 1 aliphatic carbocycles. The molecule has 0 heterocycles. The maximum absolute atomic E-state index is 13.4. The number of carbonyl (C=O) groups excluding carboxylic acids is 2. The van der Waals surface area contributed by atoms with E-state index >= 15 is 0 Å². The van der Waals surface area contributed by atoms with E-state index in [0.717, 1.165) is 29.3 Å². The summed E-state index contributed by atoms with van der Waals surface area (Å²) in [6.45, 7) is 2.83. The van der Waals surface area contributed by atoms with E-state index < -0.39 is 49.5 Å². The largest absolute Gasteiger partial charge is 0.454 e. The highest BCUT2D eigenvalue weighted by atomic mass is 32.2. The fourth-order valence-corrected chi connectivity index (χ4v) is 5.96. The molecule has 0 saturated heterocycles. The fourth-order valence-electron chi connectivity index (χ4n) is 3.83. The van der Waals surface area contributed by atoms with E-state index in [0.29, 0.717) is 12.8 Å². The van der Waals surface area contributed by atoms with Gasteiger partial charge in [-0.15, -0.1) is 0 Å². The smallest absolute Gasteiger partial charge is 0.328 e. The highest BCUT2D eigenvalue weighted by Crippen LogP contribution is 2.42. The van der Waals surface area contributed by atoms with Gasteiger partial charge in [-0.05, 0) is 62.1 Å². The highest BCUT2D eigenvalue weighted by molar-refractivity contribution is 7.93. The van der Waals surface area contributed by atoms with E-state index in [4.69, 9.17) is 4.74 Å². The lowest BCUT2D eigenvalue weighted by molar-refractivity contribution is -0.387. The summed E-state index contributed by atoms with van der Waals surface area (Å²) >= 11 is 0. The monoisotopic (exact) mass is 478 g/mol. The van der Waals surface area contributed by atoms with Crippen molar-refractivity contribution in [3.8, 4) is 0 Å². The first kappa shape index (κ1) is 24.3. The summed E-state index contributed by atoms with van der Waals surface area (Å²) in [7, 11) is -4.09. The Morgan fingerprint density at radius 2 is 1.79 bits per heavy atom. The molecule has 1 amide bonds. The number of nitrogens with one attached hydrogen (secondary N) is 1. The van der Waals surface area contributed by atoms with E-state index in [2.05, 4.69) is 5.32 Å². The molecule has 0 bridgehead atoms. The van der Waals surface area contributed by atoms with Crippen molar-refractivity contribution < 1.29 is 32.1 Å². The van der Waals surface area contributed by atoms with Gasteiger partial charge in [-0.1, -0.05) is 18.9 Å². The van der Waals surface area contributed by atoms with Crippen LogP contribution >= 0.6 is 0 Å². The fraction of sp³-hybridized carbons (Fsp3) is 0.364. The molecule has 33 heavy (non-hydrogen) atoms. The number of amides is 1. The van der Waals surface area contributed by atoms with Gasteiger partial charge in [-0.3, -0.25) is 19.7 Å². The maximum atomic E-state index is 13.4. The van der Waals surface area contributed by atoms with Crippen molar-refractivity contribution in [1.29, 1.82) is 0 Å². The molecular weight excluding hydrogens is 455 g/mol. The van der Waals surface area contributed by atoms with Crippen LogP contribution in [0.1, 0.15) is 36.8 Å². The molecule has 9 nitrogen and oxygen atoms in total. The maximum Gasteiger partial charge on any atom is 0.328 e. The summed E-state index contributed by atoms with van der Waals surface area (Å²) in [5.74, 6) is -2.93. The number of aryl methyl sites for hydroxylation is 2. The molecule has 1 N–H and O–H groups in total. The number of carbonyl (C=O) groups is 2. The van der Waals surface area contributed by atoms with Crippen molar-refractivity contribution in [2.45, 2.75) is 49.2 Å². The minimum Gasteiger partial charge on any atom is -0.454 e. The van der Waals surface area contributed by atoms with Gasteiger partial charge in [-0.25, -0.2) is 8.42 Å². The molecule has 176 valence electrons. The molecule has 0 radical (unpaired) electrons. The van der Waals surface area contributed by atoms with Crippen LogP contribution < -0.4 is 5.32 Å². The van der Waals surface area contributed by atoms with Gasteiger partial charge in [0, 0.05) is 11.8 Å². The van der Waals surface area contributed by atoms with Gasteiger partial charge >= 0.3 is 11.7 Å². The summed E-state index contributed by atoms with van der Waals surface area (Å²) < 4.78 is 43.6. The molecule has 3 rings (SSSR count). The van der Waals surface area contributed by atoms with E-state index in [1.54, 1.807) is 13.0 Å². The van der Waals surface area contributed by atoms with Crippen LogP contribution in [0.5, 0.6) is 0 Å². The molecule has 2 aromatic carbocycles. The minimum atomic E-state index is -4.09. The normalized spacial score (nSPS) is 15.1. The highest BCUT2D eigenvalue weighted by Gasteiger charge is 2.54. The number of nitro groups is 1. The second-order valence-corrected chi connectivity index (χ2v) is 10.3. The van der Waals surface area contributed by atoms with Crippen LogP contribution in [0.3, 0.4) is 0 Å². The van der Waals surface area contributed by atoms with E-state index in [-0.39, 0.29) is 23.4 Å². The first-order valence-corrected chi connectivity index (χ1v) is 11.7. The molecular formula is C22H23FN2O7S. The number of esters is 1. The standard InChI is InChI=1S/C22H23FN2O7S/c1-14-5-7-17(11-15(14)2)33(30,31)22(9-3-4-10-22)21(27)32-13-20(26)24-16-6-8-18(23)19(12-16)25(28)29/h5-8,11-12H,3-4,9-10,13H2,1-2H3,(H,24,26). The molecule has 1 fully saturated rings. The van der Waals surface area contributed by atoms with Crippen LogP contribution in [-0.4, -0.2) is 36.6 Å². The van der Waals surface area contributed by atoms with Crippen LogP contribution in [0.25, 0.3) is 0 Å². The molecule has 0 atom stereocenters. The summed E-state index contributed by atoms with van der Waals surface area (Å²) in [5, 5.41) is 13.1. The van der Waals surface area contributed by atoms with Gasteiger partial charge in [0.1, 0.15) is 0 Å². The van der Waals surface area contributed by atoms with Crippen molar-refractivity contribution in [3.63, 3.8) is 0 Å². The first-order chi connectivity index (χ1) is 15.5. The number of rotatable bonds is 7.